The van der Waals surface area contributed by atoms with Gasteiger partial charge in [-0.2, -0.15) is 0 Å². The minimum Gasteiger partial charge on any atom is -0.465 e. The number of rotatable bonds is 3. The molecule has 0 aromatic carbocycles. The Kier molecular flexibility index (Phi) is 3.22. The predicted molar refractivity (Wildman–Crippen MR) is 59.8 cm³/mol. The van der Waals surface area contributed by atoms with Crippen molar-refractivity contribution in [3.8, 4) is 0 Å². The predicted octanol–water partition coefficient (Wildman–Crippen LogP) is 0.546. The van der Waals surface area contributed by atoms with E-state index in [1.165, 1.54) is 0 Å². The Morgan fingerprint density at radius 3 is 3.00 bits per heavy atom. The van der Waals surface area contributed by atoms with Crippen molar-refractivity contribution in [1.29, 1.82) is 0 Å². The van der Waals surface area contributed by atoms with Crippen LogP contribution in [0.5, 0.6) is 0 Å². The largest absolute Gasteiger partial charge is 0.465 e. The van der Waals surface area contributed by atoms with Crippen LogP contribution >= 0.6 is 0 Å². The van der Waals surface area contributed by atoms with Gasteiger partial charge in [-0.15, -0.1) is 0 Å². The fraction of sp³-hybridized carbons (Fsp3) is 0.917. The van der Waals surface area contributed by atoms with Crippen LogP contribution in [0.25, 0.3) is 0 Å². The van der Waals surface area contributed by atoms with Crippen LogP contribution in [0.3, 0.4) is 0 Å². The first-order valence-corrected chi connectivity index (χ1v) is 6.11. The number of carbonyl (C=O) groups excluding carboxylic acids is 1. The molecule has 0 amide bonds. The van der Waals surface area contributed by atoms with Crippen LogP contribution in [0.2, 0.25) is 0 Å². The van der Waals surface area contributed by atoms with E-state index in [0.29, 0.717) is 19.1 Å². The zero-order valence-corrected chi connectivity index (χ0v) is 10.0. The summed E-state index contributed by atoms with van der Waals surface area (Å²) < 4.78 is 5.23. The van der Waals surface area contributed by atoms with Gasteiger partial charge in [0, 0.05) is 12.0 Å². The van der Waals surface area contributed by atoms with E-state index >= 15 is 0 Å². The number of esters is 1. The van der Waals surface area contributed by atoms with Gasteiger partial charge < -0.3 is 15.2 Å². The third kappa shape index (κ3) is 2.09. The van der Waals surface area contributed by atoms with Gasteiger partial charge in [0.2, 0.25) is 0 Å². The number of aliphatic hydroxyl groups excluding tert-OH is 1. The van der Waals surface area contributed by atoms with Crippen LogP contribution in [-0.2, 0) is 9.53 Å². The second-order valence-electron chi connectivity index (χ2n) is 5.48. The van der Waals surface area contributed by atoms with Crippen molar-refractivity contribution in [2.75, 3.05) is 19.7 Å². The summed E-state index contributed by atoms with van der Waals surface area (Å²) in [7, 11) is 0. The van der Waals surface area contributed by atoms with Gasteiger partial charge in [0.05, 0.1) is 18.6 Å². The highest BCUT2D eigenvalue weighted by Crippen LogP contribution is 2.58. The van der Waals surface area contributed by atoms with Gasteiger partial charge >= 0.3 is 5.97 Å². The average Bonchev–Trinajstić information content (AvgIpc) is 2.95. The molecule has 92 valence electrons. The van der Waals surface area contributed by atoms with E-state index in [1.807, 2.05) is 13.8 Å². The van der Waals surface area contributed by atoms with Crippen LogP contribution in [0.4, 0.5) is 0 Å². The van der Waals surface area contributed by atoms with Crippen LogP contribution < -0.4 is 5.32 Å². The molecular formula is C12H21NO3. The molecule has 1 saturated carbocycles. The number of ether oxygens (including phenoxy) is 1. The lowest BCUT2D eigenvalue weighted by atomic mass is 9.89. The first kappa shape index (κ1) is 11.9. The molecule has 0 bridgehead atoms. The second kappa shape index (κ2) is 4.34. The Labute approximate surface area is 96.4 Å². The van der Waals surface area contributed by atoms with E-state index < -0.39 is 6.10 Å². The van der Waals surface area contributed by atoms with Crippen molar-refractivity contribution in [3.05, 3.63) is 0 Å². The van der Waals surface area contributed by atoms with Gasteiger partial charge in [0.1, 0.15) is 0 Å². The fourth-order valence-electron chi connectivity index (χ4n) is 2.56. The molecule has 2 N–H and O–H groups in total. The van der Waals surface area contributed by atoms with E-state index in [2.05, 4.69) is 5.32 Å². The Balaban J connectivity index is 1.86. The molecule has 2 aliphatic rings. The topological polar surface area (TPSA) is 58.6 Å². The third-order valence-corrected chi connectivity index (χ3v) is 3.73. The summed E-state index contributed by atoms with van der Waals surface area (Å²) in [6, 6.07) is 0. The van der Waals surface area contributed by atoms with Crippen molar-refractivity contribution in [1.82, 2.24) is 5.32 Å². The van der Waals surface area contributed by atoms with Crippen LogP contribution in [0.15, 0.2) is 0 Å². The Bertz CT molecular complexity index is 279. The van der Waals surface area contributed by atoms with Gasteiger partial charge in [-0.05, 0) is 25.3 Å². The van der Waals surface area contributed by atoms with Crippen molar-refractivity contribution in [2.24, 2.45) is 17.3 Å². The van der Waals surface area contributed by atoms with Gasteiger partial charge in [0.25, 0.3) is 0 Å². The number of aliphatic hydroxyl groups is 1. The molecule has 0 radical (unpaired) electrons. The maximum absolute atomic E-state index is 11.8. The Morgan fingerprint density at radius 2 is 2.38 bits per heavy atom. The van der Waals surface area contributed by atoms with Crippen molar-refractivity contribution in [2.45, 2.75) is 32.8 Å². The summed E-state index contributed by atoms with van der Waals surface area (Å²) in [5.41, 5.74) is -0.167. The summed E-state index contributed by atoms with van der Waals surface area (Å²) in [4.78, 5) is 11.8. The van der Waals surface area contributed by atoms with Gasteiger partial charge in [-0.3, -0.25) is 4.79 Å². The fourth-order valence-corrected chi connectivity index (χ4v) is 2.56. The normalized spacial score (nSPS) is 37.8. The molecule has 4 nitrogen and oxygen atoms in total. The summed E-state index contributed by atoms with van der Waals surface area (Å²) in [6.07, 6.45) is 1.29. The molecule has 1 aliphatic heterocycles. The highest BCUT2D eigenvalue weighted by Gasteiger charge is 2.63. The molecule has 1 spiro atoms. The zero-order valence-electron chi connectivity index (χ0n) is 10.0. The van der Waals surface area contributed by atoms with Crippen LogP contribution in [-0.4, -0.2) is 36.9 Å². The lowest BCUT2D eigenvalue weighted by molar-refractivity contribution is -0.148. The monoisotopic (exact) mass is 227 g/mol. The van der Waals surface area contributed by atoms with E-state index in [9.17, 15) is 9.90 Å². The van der Waals surface area contributed by atoms with Crippen molar-refractivity contribution in [3.63, 3.8) is 0 Å². The molecule has 2 rings (SSSR count). The minimum atomic E-state index is -0.391. The molecule has 1 aliphatic carbocycles. The molecule has 16 heavy (non-hydrogen) atoms. The summed E-state index contributed by atoms with van der Waals surface area (Å²) >= 11 is 0. The first-order chi connectivity index (χ1) is 7.56. The number of hydrogen-bond donors (Lipinski definition) is 2. The van der Waals surface area contributed by atoms with E-state index in [0.717, 1.165) is 19.4 Å². The minimum absolute atomic E-state index is 0.0663. The van der Waals surface area contributed by atoms with Crippen LogP contribution in [0.1, 0.15) is 26.7 Å². The number of hydrogen-bond acceptors (Lipinski definition) is 4. The van der Waals surface area contributed by atoms with Crippen molar-refractivity contribution < 1.29 is 14.6 Å². The smallest absolute Gasteiger partial charge is 0.309 e. The molecule has 0 aromatic rings. The molecule has 1 saturated heterocycles. The number of β-amino-alcohol motifs (C(OH)–C–C–N with tert-alkyl or cyclic N) is 1. The summed E-state index contributed by atoms with van der Waals surface area (Å²) in [5.74, 6) is 0.189. The number of piperidine rings is 1. The van der Waals surface area contributed by atoms with Crippen molar-refractivity contribution >= 4 is 5.97 Å². The number of carbonyl (C=O) groups is 1. The lowest BCUT2D eigenvalue weighted by Gasteiger charge is -2.29. The molecule has 2 fully saturated rings. The second-order valence-corrected chi connectivity index (χ2v) is 5.48. The molecule has 4 heteroatoms. The van der Waals surface area contributed by atoms with E-state index in [4.69, 9.17) is 4.74 Å². The summed E-state index contributed by atoms with van der Waals surface area (Å²) in [6.45, 7) is 6.03. The highest BCUT2D eigenvalue weighted by atomic mass is 16.5. The quantitative estimate of drug-likeness (QED) is 0.691. The molecule has 3 atom stereocenters. The van der Waals surface area contributed by atoms with Crippen LogP contribution in [0, 0.1) is 17.3 Å². The lowest BCUT2D eigenvalue weighted by Crippen LogP contribution is -2.43. The standard InChI is InChI=1S/C12H21NO3/c1-8(2)7-16-11(15)9-5-12(9)3-4-13-6-10(12)14/h8-10,13-14H,3-7H2,1-2H3/t9-,10-,12-/m1/s1. The van der Waals surface area contributed by atoms with Gasteiger partial charge in [0.15, 0.2) is 0 Å². The average molecular weight is 227 g/mol. The number of nitrogens with one attached hydrogen (secondary N) is 1. The maximum atomic E-state index is 11.8. The third-order valence-electron chi connectivity index (χ3n) is 3.73. The van der Waals surface area contributed by atoms with Gasteiger partial charge in [-0.1, -0.05) is 13.8 Å². The molecule has 0 unspecified atom stereocenters. The highest BCUT2D eigenvalue weighted by molar-refractivity contribution is 5.77. The molecular weight excluding hydrogens is 206 g/mol. The Hall–Kier alpha value is -0.610. The summed E-state index contributed by atoms with van der Waals surface area (Å²) in [5, 5.41) is 13.1. The van der Waals surface area contributed by atoms with Gasteiger partial charge in [-0.25, -0.2) is 0 Å². The molecule has 1 heterocycles. The molecule has 0 aromatic heterocycles. The maximum Gasteiger partial charge on any atom is 0.309 e. The SMILES string of the molecule is CC(C)COC(=O)[C@H]1C[C@]12CCNC[C@H]2O. The zero-order chi connectivity index (χ0) is 11.8. The Morgan fingerprint density at radius 1 is 1.62 bits per heavy atom. The van der Waals surface area contributed by atoms with E-state index in [-0.39, 0.29) is 17.3 Å². The first-order valence-electron chi connectivity index (χ1n) is 6.11. The van der Waals surface area contributed by atoms with E-state index in [1.54, 1.807) is 0 Å².